The van der Waals surface area contributed by atoms with Crippen molar-refractivity contribution in [1.29, 1.82) is 0 Å². The molecule has 1 aromatic rings. The Balaban J connectivity index is 0.00000242. The number of halogens is 2. The number of benzene rings is 1. The van der Waals surface area contributed by atoms with Crippen molar-refractivity contribution < 1.29 is 9.90 Å². The number of aliphatic hydroxyl groups excluding tert-OH is 1. The Kier molecular flexibility index (Phi) is 9.54. The van der Waals surface area contributed by atoms with Gasteiger partial charge in [-0.15, -0.1) is 24.8 Å². The fraction of sp³-hybridized carbons (Fsp3) is 0.562. The monoisotopic (exact) mass is 363 g/mol. The molecule has 2 atom stereocenters. The summed E-state index contributed by atoms with van der Waals surface area (Å²) in [5.74, 6) is 0.0393. The van der Waals surface area contributed by atoms with Gasteiger partial charge in [-0.1, -0.05) is 13.0 Å². The third-order valence-corrected chi connectivity index (χ3v) is 4.00. The third kappa shape index (κ3) is 5.84. The van der Waals surface area contributed by atoms with Crippen molar-refractivity contribution in [3.05, 3.63) is 29.8 Å². The summed E-state index contributed by atoms with van der Waals surface area (Å²) in [6, 6.07) is 7.43. The summed E-state index contributed by atoms with van der Waals surface area (Å²) in [5.41, 5.74) is 7.01. The van der Waals surface area contributed by atoms with E-state index in [9.17, 15) is 9.90 Å². The van der Waals surface area contributed by atoms with Crippen molar-refractivity contribution in [3.63, 3.8) is 0 Å². The van der Waals surface area contributed by atoms with Gasteiger partial charge in [0.05, 0.1) is 6.10 Å². The molecule has 1 fully saturated rings. The lowest BCUT2D eigenvalue weighted by molar-refractivity contribution is 0.0310. The zero-order valence-electron chi connectivity index (χ0n) is 13.6. The van der Waals surface area contributed by atoms with Crippen LogP contribution in [0.5, 0.6) is 0 Å². The highest BCUT2D eigenvalue weighted by molar-refractivity contribution is 5.95. The number of piperazine rings is 1. The van der Waals surface area contributed by atoms with Crippen LogP contribution >= 0.6 is 24.8 Å². The molecular formula is C16H27Cl2N3O2. The van der Waals surface area contributed by atoms with Gasteiger partial charge in [-0.3, -0.25) is 9.69 Å². The number of anilines is 1. The van der Waals surface area contributed by atoms with Gasteiger partial charge in [-0.2, -0.15) is 0 Å². The van der Waals surface area contributed by atoms with E-state index in [0.29, 0.717) is 36.9 Å². The minimum absolute atomic E-state index is 0. The summed E-state index contributed by atoms with van der Waals surface area (Å²) < 4.78 is 0. The number of carbonyl (C=O) groups is 1. The zero-order chi connectivity index (χ0) is 15.4. The number of β-amino-alcohol motifs (C(OH)–C–C–N with tert-alkyl or cyclic N) is 1. The molecule has 2 unspecified atom stereocenters. The van der Waals surface area contributed by atoms with Gasteiger partial charge in [0.15, 0.2) is 0 Å². The number of nitrogen functional groups attached to an aromatic ring is 1. The Morgan fingerprint density at radius 3 is 2.65 bits per heavy atom. The summed E-state index contributed by atoms with van der Waals surface area (Å²) in [5, 5.41) is 9.57. The Morgan fingerprint density at radius 1 is 1.39 bits per heavy atom. The molecule has 0 saturated carbocycles. The van der Waals surface area contributed by atoms with Gasteiger partial charge in [-0.05, 0) is 31.5 Å². The van der Waals surface area contributed by atoms with E-state index in [2.05, 4.69) is 11.8 Å². The van der Waals surface area contributed by atoms with Crippen molar-refractivity contribution in [3.8, 4) is 0 Å². The lowest BCUT2D eigenvalue weighted by Crippen LogP contribution is -2.55. The Morgan fingerprint density at radius 2 is 2.09 bits per heavy atom. The first-order valence-corrected chi connectivity index (χ1v) is 7.58. The second-order valence-electron chi connectivity index (χ2n) is 5.78. The summed E-state index contributed by atoms with van der Waals surface area (Å²) in [6.45, 7) is 6.79. The highest BCUT2D eigenvalue weighted by atomic mass is 35.5. The van der Waals surface area contributed by atoms with Gasteiger partial charge in [-0.25, -0.2) is 0 Å². The van der Waals surface area contributed by atoms with Gasteiger partial charge >= 0.3 is 0 Å². The van der Waals surface area contributed by atoms with E-state index in [4.69, 9.17) is 5.73 Å². The molecule has 7 heteroatoms. The molecule has 1 heterocycles. The van der Waals surface area contributed by atoms with Crippen LogP contribution in [0.2, 0.25) is 0 Å². The smallest absolute Gasteiger partial charge is 0.254 e. The van der Waals surface area contributed by atoms with Crippen LogP contribution in [0.1, 0.15) is 30.6 Å². The highest BCUT2D eigenvalue weighted by Crippen LogP contribution is 2.17. The first-order valence-electron chi connectivity index (χ1n) is 7.58. The average molecular weight is 364 g/mol. The molecule has 2 rings (SSSR count). The average Bonchev–Trinajstić information content (AvgIpc) is 2.46. The minimum Gasteiger partial charge on any atom is -0.399 e. The summed E-state index contributed by atoms with van der Waals surface area (Å²) in [6.07, 6.45) is 0.628. The number of amides is 1. The maximum Gasteiger partial charge on any atom is 0.254 e. The molecule has 132 valence electrons. The number of carbonyl (C=O) groups excluding carboxylic acids is 1. The molecule has 1 aliphatic rings. The molecule has 0 radical (unpaired) electrons. The number of nitrogens with zero attached hydrogens (tertiary/aromatic N) is 2. The quantitative estimate of drug-likeness (QED) is 0.803. The standard InChI is InChI=1S/C16H25N3O2.2ClH/c1-3-15-11-19(8-7-18(15)10-12(2)20)16(21)13-5-4-6-14(17)9-13;;/h4-6,9,12,15,20H,3,7-8,10-11,17H2,1-2H3;2*1H. The van der Waals surface area contributed by atoms with Gasteiger partial charge in [0.25, 0.3) is 5.91 Å². The van der Waals surface area contributed by atoms with Crippen LogP contribution in [0, 0.1) is 0 Å². The molecule has 0 aromatic heterocycles. The summed E-state index contributed by atoms with van der Waals surface area (Å²) in [4.78, 5) is 16.7. The van der Waals surface area contributed by atoms with Crippen LogP contribution in [0.25, 0.3) is 0 Å². The Bertz CT molecular complexity index is 500. The predicted octanol–water partition coefficient (Wildman–Crippen LogP) is 2.03. The largest absolute Gasteiger partial charge is 0.399 e. The maximum atomic E-state index is 12.5. The second-order valence-corrected chi connectivity index (χ2v) is 5.78. The molecule has 5 nitrogen and oxygen atoms in total. The van der Waals surface area contributed by atoms with Gasteiger partial charge < -0.3 is 15.7 Å². The van der Waals surface area contributed by atoms with Crippen molar-refractivity contribution in [2.75, 3.05) is 31.9 Å². The molecule has 1 aromatic carbocycles. The normalized spacial score (nSPS) is 19.4. The van der Waals surface area contributed by atoms with E-state index in [1.54, 1.807) is 19.1 Å². The van der Waals surface area contributed by atoms with Crippen LogP contribution in [-0.2, 0) is 0 Å². The van der Waals surface area contributed by atoms with Crippen LogP contribution in [0.3, 0.4) is 0 Å². The predicted molar refractivity (Wildman–Crippen MR) is 98.6 cm³/mol. The Labute approximate surface area is 150 Å². The molecule has 0 bridgehead atoms. The highest BCUT2D eigenvalue weighted by Gasteiger charge is 2.29. The van der Waals surface area contributed by atoms with E-state index in [-0.39, 0.29) is 36.8 Å². The van der Waals surface area contributed by atoms with Gasteiger partial charge in [0.2, 0.25) is 0 Å². The molecule has 1 amide bonds. The van der Waals surface area contributed by atoms with Crippen LogP contribution < -0.4 is 5.73 Å². The molecule has 1 aliphatic heterocycles. The van der Waals surface area contributed by atoms with Crippen LogP contribution in [-0.4, -0.2) is 59.1 Å². The molecular weight excluding hydrogens is 337 g/mol. The number of aliphatic hydroxyl groups is 1. The van der Waals surface area contributed by atoms with E-state index in [0.717, 1.165) is 13.0 Å². The fourth-order valence-electron chi connectivity index (χ4n) is 2.90. The topological polar surface area (TPSA) is 69.8 Å². The Hall–Kier alpha value is -1.01. The summed E-state index contributed by atoms with van der Waals surface area (Å²) in [7, 11) is 0. The lowest BCUT2D eigenvalue weighted by Gasteiger charge is -2.41. The first kappa shape index (κ1) is 22.0. The molecule has 1 saturated heterocycles. The van der Waals surface area contributed by atoms with E-state index in [1.807, 2.05) is 17.0 Å². The zero-order valence-corrected chi connectivity index (χ0v) is 15.3. The van der Waals surface area contributed by atoms with Crippen molar-refractivity contribution in [2.45, 2.75) is 32.4 Å². The molecule has 23 heavy (non-hydrogen) atoms. The SMILES string of the molecule is CCC1CN(C(=O)c2cccc(N)c2)CCN1CC(C)O.Cl.Cl. The second kappa shape index (κ2) is 9.98. The first-order chi connectivity index (χ1) is 10.0. The summed E-state index contributed by atoms with van der Waals surface area (Å²) >= 11 is 0. The van der Waals surface area contributed by atoms with Gasteiger partial charge in [0.1, 0.15) is 0 Å². The van der Waals surface area contributed by atoms with Crippen molar-refractivity contribution in [2.24, 2.45) is 0 Å². The molecule has 0 spiro atoms. The number of hydrogen-bond acceptors (Lipinski definition) is 4. The maximum absolute atomic E-state index is 12.5. The van der Waals surface area contributed by atoms with E-state index in [1.165, 1.54) is 0 Å². The number of rotatable bonds is 4. The number of hydrogen-bond donors (Lipinski definition) is 2. The fourth-order valence-corrected chi connectivity index (χ4v) is 2.90. The van der Waals surface area contributed by atoms with Crippen LogP contribution in [0.4, 0.5) is 5.69 Å². The van der Waals surface area contributed by atoms with Crippen molar-refractivity contribution in [1.82, 2.24) is 9.80 Å². The molecule has 0 aliphatic carbocycles. The van der Waals surface area contributed by atoms with Gasteiger partial charge in [0, 0.05) is 43.5 Å². The van der Waals surface area contributed by atoms with Crippen LogP contribution in [0.15, 0.2) is 24.3 Å². The van der Waals surface area contributed by atoms with E-state index < -0.39 is 0 Å². The molecule has 3 N–H and O–H groups in total. The lowest BCUT2D eigenvalue weighted by atomic mass is 10.1. The third-order valence-electron chi connectivity index (χ3n) is 4.00. The number of nitrogens with two attached hydrogens (primary N) is 1. The van der Waals surface area contributed by atoms with E-state index >= 15 is 0 Å². The minimum atomic E-state index is -0.338. The van der Waals surface area contributed by atoms with Crippen molar-refractivity contribution >= 4 is 36.4 Å².